The minimum absolute atomic E-state index is 0.121. The number of aliphatic hydroxyl groups is 4. The third kappa shape index (κ3) is 15.4. The fourth-order valence-corrected chi connectivity index (χ4v) is 1.26. The van der Waals surface area contributed by atoms with Gasteiger partial charge in [0.1, 0.15) is 5.75 Å². The van der Waals surface area contributed by atoms with E-state index in [9.17, 15) is 14.7 Å². The number of nitro benzene ring substituents is 1. The zero-order chi connectivity index (χ0) is 22.6. The van der Waals surface area contributed by atoms with E-state index in [-0.39, 0.29) is 37.9 Å². The van der Waals surface area contributed by atoms with E-state index in [1.54, 1.807) is 13.8 Å². The van der Waals surface area contributed by atoms with E-state index in [4.69, 9.17) is 41.7 Å². The molecule has 0 aliphatic carbocycles. The fraction of sp³-hybridized carbons (Fsp3) is 0.571. The van der Waals surface area contributed by atoms with Gasteiger partial charge in [0.05, 0.1) is 42.4 Å². The molecule has 0 spiro atoms. The van der Waals surface area contributed by atoms with Gasteiger partial charge in [0.2, 0.25) is 0 Å². The summed E-state index contributed by atoms with van der Waals surface area (Å²) in [6.07, 6.45) is 0. The maximum Gasteiger partial charge on any atom is 0.524 e. The van der Waals surface area contributed by atoms with Gasteiger partial charge in [-0.25, -0.2) is 4.57 Å². The Labute approximate surface area is 161 Å². The van der Waals surface area contributed by atoms with Gasteiger partial charge in [-0.2, -0.15) is 0 Å². The summed E-state index contributed by atoms with van der Waals surface area (Å²) in [5, 5.41) is 43.4. The Hall–Kier alpha value is -1.67. The van der Waals surface area contributed by atoms with Crippen LogP contribution in [-0.2, 0) is 4.57 Å². The van der Waals surface area contributed by atoms with E-state index in [0.717, 1.165) is 24.3 Å². The molecule has 0 saturated heterocycles. The van der Waals surface area contributed by atoms with Gasteiger partial charge in [-0.1, -0.05) is 0 Å². The molecule has 10 N–H and O–H groups in total. The number of nitrogens with two attached hydrogens (primary N) is 2. The summed E-state index contributed by atoms with van der Waals surface area (Å²) in [6.45, 7) is 2.44. The monoisotopic (exact) mass is 429 g/mol. The molecule has 0 bridgehead atoms. The van der Waals surface area contributed by atoms with Gasteiger partial charge in [-0.05, 0) is 26.0 Å². The van der Waals surface area contributed by atoms with Crippen LogP contribution in [0.15, 0.2) is 24.3 Å². The summed E-state index contributed by atoms with van der Waals surface area (Å²) in [7, 11) is -4.60. The molecular formula is C14H28N3O10P. The molecule has 0 aliphatic heterocycles. The molecule has 0 unspecified atom stereocenters. The molecule has 0 saturated carbocycles. The van der Waals surface area contributed by atoms with Gasteiger partial charge < -0.3 is 36.4 Å². The smallest absolute Gasteiger partial charge is 0.404 e. The number of rotatable bonds is 7. The first kappa shape index (κ1) is 28.5. The quantitative estimate of drug-likeness (QED) is 0.139. The van der Waals surface area contributed by atoms with Crippen LogP contribution in [0, 0.1) is 10.1 Å². The second kappa shape index (κ2) is 12.7. The largest absolute Gasteiger partial charge is 0.524 e. The Balaban J connectivity index is 0. The molecule has 0 aromatic heterocycles. The maximum absolute atomic E-state index is 10.4. The SMILES string of the molecule is CC(N)(CO)CO.CC(N)(CO)CO.O=[N+]([O-])c1ccc(OP(=O)(O)O)cc1. The zero-order valence-corrected chi connectivity index (χ0v) is 16.4. The molecule has 0 radical (unpaired) electrons. The number of hydrogen-bond donors (Lipinski definition) is 8. The standard InChI is InChI=1S/C6H6NO6P.2C4H11NO2/c8-7(9)5-1-3-6(4-2-5)13-14(10,11)12;2*1-4(5,2-6)3-7/h1-4H,(H2,10,11,12);2*6-7H,2-3,5H2,1H3. The zero-order valence-electron chi connectivity index (χ0n) is 15.5. The normalized spacial score (nSPS) is 11.5. The number of non-ortho nitro benzene ring substituents is 1. The van der Waals surface area contributed by atoms with Crippen LogP contribution >= 0.6 is 7.82 Å². The Bertz CT molecular complexity index is 590. The van der Waals surface area contributed by atoms with Crippen molar-refractivity contribution in [1.82, 2.24) is 0 Å². The predicted octanol–water partition coefficient (Wildman–Crippen LogP) is -1.56. The van der Waals surface area contributed by atoms with Gasteiger partial charge in [0, 0.05) is 12.1 Å². The van der Waals surface area contributed by atoms with Crippen molar-refractivity contribution in [3.05, 3.63) is 34.4 Å². The number of nitro groups is 1. The number of nitrogens with zero attached hydrogens (tertiary/aromatic N) is 1. The van der Waals surface area contributed by atoms with Gasteiger partial charge in [0.25, 0.3) is 5.69 Å². The summed E-state index contributed by atoms with van der Waals surface area (Å²) in [4.78, 5) is 26.4. The fourth-order valence-electron chi connectivity index (χ4n) is 0.866. The molecular weight excluding hydrogens is 401 g/mol. The highest BCUT2D eigenvalue weighted by Gasteiger charge is 2.16. The van der Waals surface area contributed by atoms with Crippen molar-refractivity contribution >= 4 is 13.5 Å². The van der Waals surface area contributed by atoms with Gasteiger partial charge >= 0.3 is 7.82 Å². The summed E-state index contributed by atoms with van der Waals surface area (Å²) in [5.74, 6) is -0.121. The number of phosphoric acid groups is 1. The minimum Gasteiger partial charge on any atom is -0.404 e. The van der Waals surface area contributed by atoms with Crippen molar-refractivity contribution in [1.29, 1.82) is 0 Å². The van der Waals surface area contributed by atoms with Crippen LogP contribution in [-0.4, -0.2) is 72.6 Å². The van der Waals surface area contributed by atoms with Crippen molar-refractivity contribution in [3.8, 4) is 5.75 Å². The Morgan fingerprint density at radius 1 is 0.964 bits per heavy atom. The van der Waals surface area contributed by atoms with Crippen molar-refractivity contribution in [3.63, 3.8) is 0 Å². The third-order valence-corrected chi connectivity index (χ3v) is 3.17. The Morgan fingerprint density at radius 2 is 1.29 bits per heavy atom. The third-order valence-electron chi connectivity index (χ3n) is 2.72. The highest BCUT2D eigenvalue weighted by atomic mass is 31.2. The number of benzene rings is 1. The van der Waals surface area contributed by atoms with Gasteiger partial charge in [-0.15, -0.1) is 0 Å². The Morgan fingerprint density at radius 3 is 1.46 bits per heavy atom. The molecule has 0 atom stereocenters. The topological polar surface area (TPSA) is 243 Å². The summed E-state index contributed by atoms with van der Waals surface area (Å²) in [5.41, 5.74) is 8.64. The van der Waals surface area contributed by atoms with E-state index in [2.05, 4.69) is 4.52 Å². The van der Waals surface area contributed by atoms with E-state index in [1.807, 2.05) is 0 Å². The molecule has 0 fully saturated rings. The van der Waals surface area contributed by atoms with Crippen LogP contribution in [0.25, 0.3) is 0 Å². The average Bonchev–Trinajstić information content (AvgIpc) is 2.62. The maximum atomic E-state index is 10.4. The predicted molar refractivity (Wildman–Crippen MR) is 99.3 cm³/mol. The lowest BCUT2D eigenvalue weighted by Crippen LogP contribution is -2.43. The van der Waals surface area contributed by atoms with E-state index in [0.29, 0.717) is 0 Å². The average molecular weight is 429 g/mol. The lowest BCUT2D eigenvalue weighted by molar-refractivity contribution is -0.384. The highest BCUT2D eigenvalue weighted by molar-refractivity contribution is 7.46. The molecule has 14 heteroatoms. The minimum atomic E-state index is -4.60. The first-order chi connectivity index (χ1) is 12.6. The van der Waals surface area contributed by atoms with Crippen molar-refractivity contribution in [2.24, 2.45) is 11.5 Å². The highest BCUT2D eigenvalue weighted by Crippen LogP contribution is 2.37. The molecule has 0 aliphatic rings. The second-order valence-corrected chi connectivity index (χ2v) is 7.44. The van der Waals surface area contributed by atoms with Crippen LogP contribution < -0.4 is 16.0 Å². The van der Waals surface area contributed by atoms with Crippen molar-refractivity contribution in [2.45, 2.75) is 24.9 Å². The molecule has 164 valence electrons. The molecule has 1 aromatic rings. The van der Waals surface area contributed by atoms with E-state index < -0.39 is 23.8 Å². The van der Waals surface area contributed by atoms with Gasteiger partial charge in [-0.3, -0.25) is 19.9 Å². The molecule has 0 amide bonds. The lowest BCUT2D eigenvalue weighted by atomic mass is 10.1. The van der Waals surface area contributed by atoms with Crippen LogP contribution in [0.1, 0.15) is 13.8 Å². The first-order valence-electron chi connectivity index (χ1n) is 7.64. The molecule has 28 heavy (non-hydrogen) atoms. The Kier molecular flexibility index (Phi) is 13.0. The van der Waals surface area contributed by atoms with Gasteiger partial charge in [0.15, 0.2) is 0 Å². The molecule has 13 nitrogen and oxygen atoms in total. The van der Waals surface area contributed by atoms with Crippen molar-refractivity contribution in [2.75, 3.05) is 26.4 Å². The number of aliphatic hydroxyl groups excluding tert-OH is 4. The van der Waals surface area contributed by atoms with E-state index >= 15 is 0 Å². The van der Waals surface area contributed by atoms with Crippen LogP contribution in [0.5, 0.6) is 5.75 Å². The van der Waals surface area contributed by atoms with Crippen LogP contribution in [0.2, 0.25) is 0 Å². The summed E-state index contributed by atoms with van der Waals surface area (Å²) >= 11 is 0. The molecule has 0 heterocycles. The number of phosphoric ester groups is 1. The summed E-state index contributed by atoms with van der Waals surface area (Å²) < 4.78 is 14.5. The molecule has 1 aromatic carbocycles. The van der Waals surface area contributed by atoms with E-state index in [1.165, 1.54) is 0 Å². The second-order valence-electron chi connectivity index (χ2n) is 6.27. The van der Waals surface area contributed by atoms with Crippen LogP contribution in [0.4, 0.5) is 5.69 Å². The lowest BCUT2D eigenvalue weighted by Gasteiger charge is -2.16. The molecule has 1 rings (SSSR count). The number of hydrogen-bond acceptors (Lipinski definition) is 10. The van der Waals surface area contributed by atoms with Crippen molar-refractivity contribution < 1.29 is 44.2 Å². The van der Waals surface area contributed by atoms with Crippen LogP contribution in [0.3, 0.4) is 0 Å². The first-order valence-corrected chi connectivity index (χ1v) is 9.17. The summed E-state index contributed by atoms with van der Waals surface area (Å²) in [6, 6.07) is 4.39.